The third-order valence-corrected chi connectivity index (χ3v) is 3.18. The number of ether oxygens (including phenoxy) is 2. The van der Waals surface area contributed by atoms with Crippen molar-refractivity contribution in [2.75, 3.05) is 13.7 Å². The number of pyridine rings is 1. The van der Waals surface area contributed by atoms with Gasteiger partial charge in [-0.1, -0.05) is 26.0 Å². The molecule has 0 fully saturated rings. The second kappa shape index (κ2) is 8.39. The number of aromatic nitrogens is 1. The Morgan fingerprint density at radius 2 is 1.91 bits per heavy atom. The predicted octanol–water partition coefficient (Wildman–Crippen LogP) is 3.41. The highest BCUT2D eigenvalue weighted by Crippen LogP contribution is 2.28. The summed E-state index contributed by atoms with van der Waals surface area (Å²) in [7, 11) is 1.66. The number of nitrogens with zero attached hydrogens (tertiary/aromatic N) is 1. The average molecular weight is 300 g/mol. The maximum atomic E-state index is 5.83. The molecule has 0 aliphatic heterocycles. The molecule has 0 aliphatic carbocycles. The van der Waals surface area contributed by atoms with Gasteiger partial charge < -0.3 is 14.8 Å². The summed E-state index contributed by atoms with van der Waals surface area (Å²) in [5.41, 5.74) is 2.34. The molecule has 2 rings (SSSR count). The van der Waals surface area contributed by atoms with Crippen molar-refractivity contribution in [2.45, 2.75) is 26.9 Å². The number of benzene rings is 1. The molecule has 1 aromatic heterocycles. The number of hydrogen-bond acceptors (Lipinski definition) is 4. The zero-order chi connectivity index (χ0) is 15.8. The Morgan fingerprint density at radius 1 is 1.09 bits per heavy atom. The lowest BCUT2D eigenvalue weighted by molar-refractivity contribution is 0.256. The normalized spacial score (nSPS) is 10.7. The van der Waals surface area contributed by atoms with E-state index in [4.69, 9.17) is 9.47 Å². The number of nitrogens with one attached hydrogen (secondary N) is 1. The minimum atomic E-state index is 0.483. The van der Waals surface area contributed by atoms with E-state index in [-0.39, 0.29) is 0 Å². The summed E-state index contributed by atoms with van der Waals surface area (Å²) in [4.78, 5) is 4.11. The van der Waals surface area contributed by atoms with E-state index in [2.05, 4.69) is 36.3 Å². The molecule has 0 amide bonds. The van der Waals surface area contributed by atoms with E-state index in [1.54, 1.807) is 13.3 Å². The van der Waals surface area contributed by atoms with E-state index in [9.17, 15) is 0 Å². The van der Waals surface area contributed by atoms with Gasteiger partial charge in [-0.25, -0.2) is 0 Å². The highest BCUT2D eigenvalue weighted by Gasteiger charge is 2.07. The average Bonchev–Trinajstić information content (AvgIpc) is 2.54. The zero-order valence-corrected chi connectivity index (χ0v) is 13.5. The Morgan fingerprint density at radius 3 is 2.59 bits per heavy atom. The molecule has 22 heavy (non-hydrogen) atoms. The topological polar surface area (TPSA) is 43.4 Å². The molecule has 0 saturated carbocycles. The Labute approximate surface area is 132 Å². The van der Waals surface area contributed by atoms with Crippen molar-refractivity contribution in [3.8, 4) is 11.5 Å². The van der Waals surface area contributed by atoms with Gasteiger partial charge in [-0.05, 0) is 35.2 Å². The molecule has 0 aliphatic rings. The highest BCUT2D eigenvalue weighted by atomic mass is 16.5. The number of methoxy groups -OCH3 is 1. The molecule has 4 nitrogen and oxygen atoms in total. The predicted molar refractivity (Wildman–Crippen MR) is 88.1 cm³/mol. The van der Waals surface area contributed by atoms with Crippen molar-refractivity contribution in [1.82, 2.24) is 10.3 Å². The molecule has 0 spiro atoms. The van der Waals surface area contributed by atoms with Crippen molar-refractivity contribution in [3.05, 3.63) is 53.9 Å². The minimum Gasteiger partial charge on any atom is -0.493 e. The Bertz CT molecular complexity index is 571. The van der Waals surface area contributed by atoms with E-state index in [1.165, 1.54) is 11.1 Å². The quantitative estimate of drug-likeness (QED) is 0.811. The largest absolute Gasteiger partial charge is 0.493 e. The van der Waals surface area contributed by atoms with Crippen LogP contribution in [0.1, 0.15) is 25.0 Å². The summed E-state index contributed by atoms with van der Waals surface area (Å²) in [5.74, 6) is 2.06. The maximum Gasteiger partial charge on any atom is 0.161 e. The summed E-state index contributed by atoms with van der Waals surface area (Å²) >= 11 is 0. The lowest BCUT2D eigenvalue weighted by atomic mass is 10.2. The molecule has 0 radical (unpaired) electrons. The Kier molecular flexibility index (Phi) is 6.22. The van der Waals surface area contributed by atoms with Crippen LogP contribution in [-0.2, 0) is 13.1 Å². The van der Waals surface area contributed by atoms with E-state index in [1.807, 2.05) is 24.4 Å². The van der Waals surface area contributed by atoms with Crippen LogP contribution in [-0.4, -0.2) is 18.7 Å². The van der Waals surface area contributed by atoms with Gasteiger partial charge in [0.15, 0.2) is 11.5 Å². The van der Waals surface area contributed by atoms with Gasteiger partial charge in [0, 0.05) is 25.5 Å². The van der Waals surface area contributed by atoms with Crippen LogP contribution >= 0.6 is 0 Å². The van der Waals surface area contributed by atoms with Crippen LogP contribution in [0.15, 0.2) is 42.7 Å². The first-order chi connectivity index (χ1) is 10.7. The van der Waals surface area contributed by atoms with E-state index >= 15 is 0 Å². The third-order valence-electron chi connectivity index (χ3n) is 3.18. The zero-order valence-electron chi connectivity index (χ0n) is 13.5. The molecule has 118 valence electrons. The van der Waals surface area contributed by atoms with Gasteiger partial charge in [-0.15, -0.1) is 0 Å². The summed E-state index contributed by atoms with van der Waals surface area (Å²) in [6.45, 7) is 6.51. The smallest absolute Gasteiger partial charge is 0.161 e. The molecule has 0 bridgehead atoms. The molecular weight excluding hydrogens is 276 g/mol. The van der Waals surface area contributed by atoms with Gasteiger partial charge in [0.05, 0.1) is 13.7 Å². The summed E-state index contributed by atoms with van der Waals surface area (Å²) < 4.78 is 11.2. The lowest BCUT2D eigenvalue weighted by Gasteiger charge is -2.14. The fraction of sp³-hybridized carbons (Fsp3) is 0.389. The summed E-state index contributed by atoms with van der Waals surface area (Å²) in [6, 6.07) is 10.1. The molecule has 1 N–H and O–H groups in total. The highest BCUT2D eigenvalue weighted by molar-refractivity contribution is 5.43. The van der Waals surface area contributed by atoms with Crippen molar-refractivity contribution in [2.24, 2.45) is 5.92 Å². The van der Waals surface area contributed by atoms with Gasteiger partial charge in [0.1, 0.15) is 0 Å². The Hall–Kier alpha value is -2.07. The molecule has 1 aromatic carbocycles. The summed E-state index contributed by atoms with van der Waals surface area (Å²) in [6.07, 6.45) is 3.66. The lowest BCUT2D eigenvalue weighted by Crippen LogP contribution is -2.13. The van der Waals surface area contributed by atoms with Crippen LogP contribution in [0.3, 0.4) is 0 Å². The van der Waals surface area contributed by atoms with Gasteiger partial charge >= 0.3 is 0 Å². The van der Waals surface area contributed by atoms with Crippen LogP contribution in [0, 0.1) is 5.92 Å². The second-order valence-electron chi connectivity index (χ2n) is 5.65. The first-order valence-electron chi connectivity index (χ1n) is 7.58. The molecule has 0 atom stereocenters. The minimum absolute atomic E-state index is 0.483. The first-order valence-corrected chi connectivity index (χ1v) is 7.58. The van der Waals surface area contributed by atoms with Crippen LogP contribution < -0.4 is 14.8 Å². The van der Waals surface area contributed by atoms with Gasteiger partial charge in [-0.2, -0.15) is 0 Å². The maximum absolute atomic E-state index is 5.83. The third kappa shape index (κ3) is 5.04. The standard InChI is InChI=1S/C18H24N2O2/c1-14(2)13-22-18-9-15(6-7-17(18)21-3)10-20-12-16-5-4-8-19-11-16/h4-9,11,14,20H,10,12-13H2,1-3H3. The molecule has 4 heteroatoms. The fourth-order valence-corrected chi connectivity index (χ4v) is 2.05. The molecule has 0 saturated heterocycles. The van der Waals surface area contributed by atoms with Crippen LogP contribution in [0.4, 0.5) is 0 Å². The fourth-order valence-electron chi connectivity index (χ4n) is 2.05. The van der Waals surface area contributed by atoms with Gasteiger partial charge in [0.25, 0.3) is 0 Å². The first kappa shape index (κ1) is 16.3. The summed E-state index contributed by atoms with van der Waals surface area (Å²) in [5, 5.41) is 3.41. The van der Waals surface area contributed by atoms with Crippen LogP contribution in [0.2, 0.25) is 0 Å². The SMILES string of the molecule is COc1ccc(CNCc2cccnc2)cc1OCC(C)C. The van der Waals surface area contributed by atoms with Crippen molar-refractivity contribution in [3.63, 3.8) is 0 Å². The van der Waals surface area contributed by atoms with Crippen molar-refractivity contribution >= 4 is 0 Å². The molecule has 1 heterocycles. The van der Waals surface area contributed by atoms with Crippen molar-refractivity contribution < 1.29 is 9.47 Å². The molecule has 0 unspecified atom stereocenters. The van der Waals surface area contributed by atoms with Crippen LogP contribution in [0.25, 0.3) is 0 Å². The molecular formula is C18H24N2O2. The van der Waals surface area contributed by atoms with E-state index < -0.39 is 0 Å². The van der Waals surface area contributed by atoms with E-state index in [0.29, 0.717) is 12.5 Å². The number of rotatable bonds is 8. The monoisotopic (exact) mass is 300 g/mol. The van der Waals surface area contributed by atoms with Gasteiger partial charge in [-0.3, -0.25) is 4.98 Å². The van der Waals surface area contributed by atoms with Crippen molar-refractivity contribution in [1.29, 1.82) is 0 Å². The van der Waals surface area contributed by atoms with Gasteiger partial charge in [0.2, 0.25) is 0 Å². The number of hydrogen-bond donors (Lipinski definition) is 1. The molecule has 2 aromatic rings. The van der Waals surface area contributed by atoms with E-state index in [0.717, 1.165) is 24.6 Å². The Balaban J connectivity index is 1.94. The van der Waals surface area contributed by atoms with Crippen LogP contribution in [0.5, 0.6) is 11.5 Å². The second-order valence-corrected chi connectivity index (χ2v) is 5.65.